The minimum Gasteiger partial charge on any atom is -0.309 e. The van der Waals surface area contributed by atoms with Gasteiger partial charge in [-0.1, -0.05) is 170 Å². The lowest BCUT2D eigenvalue weighted by molar-refractivity contribution is 1.07. The molecule has 0 aliphatic heterocycles. The molecule has 8 aromatic carbocycles. The van der Waals surface area contributed by atoms with E-state index < -0.39 is 0 Å². The highest BCUT2D eigenvalue weighted by Crippen LogP contribution is 2.41. The molecule has 0 fully saturated rings. The van der Waals surface area contributed by atoms with E-state index >= 15 is 0 Å². The molecule has 0 saturated heterocycles. The van der Waals surface area contributed by atoms with Crippen molar-refractivity contribution in [2.24, 2.45) is 0 Å². The quantitative estimate of drug-likeness (QED) is 0.176. The summed E-state index contributed by atoms with van der Waals surface area (Å²) in [6, 6.07) is 68.1. The van der Waals surface area contributed by atoms with E-state index in [1.165, 1.54) is 27.1 Å². The van der Waals surface area contributed by atoms with Crippen molar-refractivity contribution in [3.63, 3.8) is 0 Å². The van der Waals surface area contributed by atoms with Gasteiger partial charge in [0.25, 0.3) is 0 Å². The van der Waals surface area contributed by atoms with Crippen molar-refractivity contribution in [3.8, 4) is 62.1 Å². The van der Waals surface area contributed by atoms with Gasteiger partial charge in [-0.25, -0.2) is 15.0 Å². The van der Waals surface area contributed by atoms with Gasteiger partial charge in [0.1, 0.15) is 0 Å². The van der Waals surface area contributed by atoms with Crippen LogP contribution in [-0.2, 0) is 0 Å². The lowest BCUT2D eigenvalue weighted by Crippen LogP contribution is -2.02. The highest BCUT2D eigenvalue weighted by molar-refractivity contribution is 6.13. The molecule has 2 heterocycles. The Morgan fingerprint density at radius 1 is 0.302 bits per heavy atom. The summed E-state index contributed by atoms with van der Waals surface area (Å²) in [7, 11) is 0. The van der Waals surface area contributed by atoms with Gasteiger partial charge in [0.2, 0.25) is 0 Å². The summed E-state index contributed by atoms with van der Waals surface area (Å²) in [6.07, 6.45) is 0. The van der Waals surface area contributed by atoms with E-state index in [-0.39, 0.29) is 0 Å². The van der Waals surface area contributed by atoms with Gasteiger partial charge < -0.3 is 4.57 Å². The zero-order valence-electron chi connectivity index (χ0n) is 28.8. The Bertz CT molecular complexity index is 2910. The molecule has 0 N–H and O–H groups in total. The van der Waals surface area contributed by atoms with E-state index in [9.17, 15) is 0 Å². The van der Waals surface area contributed by atoms with Crippen molar-refractivity contribution in [2.75, 3.05) is 0 Å². The van der Waals surface area contributed by atoms with E-state index in [1.54, 1.807) is 0 Å². The molecule has 10 aromatic rings. The van der Waals surface area contributed by atoms with Gasteiger partial charge >= 0.3 is 0 Å². The molecular formula is C49H32N4. The number of aromatic nitrogens is 4. The molecule has 4 nitrogen and oxygen atoms in total. The number of benzene rings is 8. The van der Waals surface area contributed by atoms with Crippen LogP contribution in [0.4, 0.5) is 0 Å². The first kappa shape index (κ1) is 30.6. The second-order valence-corrected chi connectivity index (χ2v) is 13.2. The summed E-state index contributed by atoms with van der Waals surface area (Å²) in [4.78, 5) is 15.6. The van der Waals surface area contributed by atoms with Gasteiger partial charge in [-0.05, 0) is 51.9 Å². The molecule has 0 aliphatic carbocycles. The monoisotopic (exact) mass is 676 g/mol. The van der Waals surface area contributed by atoms with Crippen LogP contribution in [0.3, 0.4) is 0 Å². The number of nitrogens with zero attached hydrogens (tertiary/aromatic N) is 4. The first-order chi connectivity index (χ1) is 26.3. The molecule has 0 unspecified atom stereocenters. The number of hydrogen-bond acceptors (Lipinski definition) is 3. The summed E-state index contributed by atoms with van der Waals surface area (Å²) in [6.45, 7) is 0. The van der Waals surface area contributed by atoms with Crippen molar-refractivity contribution in [3.05, 3.63) is 194 Å². The van der Waals surface area contributed by atoms with Gasteiger partial charge in [0.15, 0.2) is 17.5 Å². The predicted molar refractivity (Wildman–Crippen MR) is 219 cm³/mol. The van der Waals surface area contributed by atoms with Crippen LogP contribution in [0, 0.1) is 0 Å². The average Bonchev–Trinajstić information content (AvgIpc) is 3.57. The summed E-state index contributed by atoms with van der Waals surface area (Å²) < 4.78 is 2.40. The molecular weight excluding hydrogens is 645 g/mol. The van der Waals surface area contributed by atoms with Crippen LogP contribution in [0.5, 0.6) is 0 Å². The summed E-state index contributed by atoms with van der Waals surface area (Å²) >= 11 is 0. The molecule has 0 radical (unpaired) electrons. The Hall–Kier alpha value is -7.17. The third-order valence-corrected chi connectivity index (χ3v) is 10.1. The Morgan fingerprint density at radius 2 is 0.811 bits per heavy atom. The van der Waals surface area contributed by atoms with Crippen molar-refractivity contribution < 1.29 is 0 Å². The van der Waals surface area contributed by atoms with Gasteiger partial charge in [-0.15, -0.1) is 0 Å². The summed E-state index contributed by atoms with van der Waals surface area (Å²) in [5.41, 5.74) is 10.7. The predicted octanol–water partition coefficient (Wildman–Crippen LogP) is 12.5. The van der Waals surface area contributed by atoms with Crippen molar-refractivity contribution >= 4 is 32.6 Å². The van der Waals surface area contributed by atoms with Crippen LogP contribution < -0.4 is 0 Å². The Kier molecular flexibility index (Phi) is 7.43. The number of para-hydroxylation sites is 1. The fourth-order valence-electron chi connectivity index (χ4n) is 7.50. The van der Waals surface area contributed by atoms with Crippen LogP contribution >= 0.6 is 0 Å². The lowest BCUT2D eigenvalue weighted by Gasteiger charge is -2.15. The van der Waals surface area contributed by atoms with Crippen LogP contribution in [0.1, 0.15) is 0 Å². The smallest absolute Gasteiger partial charge is 0.164 e. The maximum Gasteiger partial charge on any atom is 0.164 e. The Morgan fingerprint density at radius 3 is 1.53 bits per heavy atom. The van der Waals surface area contributed by atoms with Crippen molar-refractivity contribution in [2.45, 2.75) is 0 Å². The van der Waals surface area contributed by atoms with Gasteiger partial charge in [0, 0.05) is 32.8 Å². The van der Waals surface area contributed by atoms with Gasteiger partial charge in [-0.2, -0.15) is 0 Å². The molecule has 0 atom stereocenters. The van der Waals surface area contributed by atoms with E-state index in [2.05, 4.69) is 174 Å². The number of hydrogen-bond donors (Lipinski definition) is 0. The molecule has 2 aromatic heterocycles. The van der Waals surface area contributed by atoms with Crippen LogP contribution in [0.15, 0.2) is 194 Å². The van der Waals surface area contributed by atoms with E-state index in [4.69, 9.17) is 15.0 Å². The van der Waals surface area contributed by atoms with Crippen molar-refractivity contribution in [1.82, 2.24) is 19.5 Å². The lowest BCUT2D eigenvalue weighted by atomic mass is 9.96. The SMILES string of the molecule is c1ccc(-c2ccc(-c3nc(-c4ccccc4)nc(-c4cc5c(cc4-c4ccccc4)c4ccccc4n5-c4cccc5ccccc45)n3)cc2)cc1. The summed E-state index contributed by atoms with van der Waals surface area (Å²) in [5, 5.41) is 4.76. The molecule has 0 saturated carbocycles. The van der Waals surface area contributed by atoms with Crippen molar-refractivity contribution in [1.29, 1.82) is 0 Å². The van der Waals surface area contributed by atoms with Crippen LogP contribution in [0.25, 0.3) is 94.7 Å². The van der Waals surface area contributed by atoms with E-state index in [0.29, 0.717) is 17.5 Å². The number of fused-ring (bicyclic) bond motifs is 4. The maximum atomic E-state index is 5.27. The Balaban J connectivity index is 1.26. The third kappa shape index (κ3) is 5.45. The van der Waals surface area contributed by atoms with E-state index in [0.717, 1.165) is 50.1 Å². The largest absolute Gasteiger partial charge is 0.309 e. The first-order valence-corrected chi connectivity index (χ1v) is 17.9. The maximum absolute atomic E-state index is 5.27. The molecule has 10 rings (SSSR count). The minimum absolute atomic E-state index is 0.622. The second kappa shape index (κ2) is 12.9. The van der Waals surface area contributed by atoms with Gasteiger partial charge in [0.05, 0.1) is 16.7 Å². The highest BCUT2D eigenvalue weighted by Gasteiger charge is 2.21. The third-order valence-electron chi connectivity index (χ3n) is 10.1. The zero-order valence-corrected chi connectivity index (χ0v) is 28.8. The molecule has 0 spiro atoms. The first-order valence-electron chi connectivity index (χ1n) is 17.9. The Labute approximate surface area is 307 Å². The number of rotatable bonds is 6. The minimum atomic E-state index is 0.622. The molecule has 0 aliphatic rings. The summed E-state index contributed by atoms with van der Waals surface area (Å²) in [5.74, 6) is 1.88. The molecule has 248 valence electrons. The molecule has 0 amide bonds. The fourth-order valence-corrected chi connectivity index (χ4v) is 7.50. The van der Waals surface area contributed by atoms with Crippen LogP contribution in [0.2, 0.25) is 0 Å². The molecule has 0 bridgehead atoms. The highest BCUT2D eigenvalue weighted by atomic mass is 15.0. The fraction of sp³-hybridized carbons (Fsp3) is 0. The second-order valence-electron chi connectivity index (χ2n) is 13.2. The topological polar surface area (TPSA) is 43.6 Å². The zero-order chi connectivity index (χ0) is 35.1. The molecule has 4 heteroatoms. The van der Waals surface area contributed by atoms with E-state index in [1.807, 2.05) is 24.3 Å². The average molecular weight is 677 g/mol. The molecule has 53 heavy (non-hydrogen) atoms. The van der Waals surface area contributed by atoms with Gasteiger partial charge in [-0.3, -0.25) is 0 Å². The standard InChI is InChI=1S/C49H32N4/c1-4-15-33(16-5-1)34-27-29-38(30-28-34)48-50-47(37-20-8-3-9-21-37)51-49(52-48)43-32-46-42(31-41(43)36-17-6-2-7-18-36)40-24-12-13-25-45(40)53(46)44-26-14-22-35-19-10-11-23-39(35)44/h1-32H. The normalized spacial score (nSPS) is 11.4. The van der Waals surface area contributed by atoms with Crippen LogP contribution in [-0.4, -0.2) is 19.5 Å².